The number of benzene rings is 2. The second-order valence-electron chi connectivity index (χ2n) is 8.17. The summed E-state index contributed by atoms with van der Waals surface area (Å²) in [6, 6.07) is 20.9. The number of quaternary nitrogens is 2. The summed E-state index contributed by atoms with van der Waals surface area (Å²) in [5.74, 6) is 0. The van der Waals surface area contributed by atoms with Crippen LogP contribution in [0.4, 0.5) is 5.69 Å². The van der Waals surface area contributed by atoms with Crippen LogP contribution in [0.25, 0.3) is 0 Å². The second-order valence-corrected chi connectivity index (χ2v) is 8.17. The highest BCUT2D eigenvalue weighted by Crippen LogP contribution is 2.13. The molecular formula is C23H33N3+2. The lowest BCUT2D eigenvalue weighted by molar-refractivity contribution is -0.963. The van der Waals surface area contributed by atoms with Crippen molar-refractivity contribution in [3.8, 4) is 0 Å². The van der Waals surface area contributed by atoms with Crippen LogP contribution in [0.3, 0.4) is 0 Å². The number of likely N-dealkylation sites (tertiary alicyclic amines) is 1. The third-order valence-corrected chi connectivity index (χ3v) is 6.37. The highest BCUT2D eigenvalue weighted by molar-refractivity contribution is 5.46. The maximum absolute atomic E-state index is 2.56. The summed E-state index contributed by atoms with van der Waals surface area (Å²) in [5, 5.41) is 0. The number of piperazine rings is 1. The van der Waals surface area contributed by atoms with Crippen molar-refractivity contribution in [3.63, 3.8) is 0 Å². The Hall–Kier alpha value is -1.84. The molecule has 4 rings (SSSR count). The predicted molar refractivity (Wildman–Crippen MR) is 108 cm³/mol. The summed E-state index contributed by atoms with van der Waals surface area (Å²) < 4.78 is 0. The summed E-state index contributed by atoms with van der Waals surface area (Å²) in [6.07, 6.45) is 2.78. The number of anilines is 1. The molecule has 0 bridgehead atoms. The number of aryl methyl sites for hydroxylation is 1. The van der Waals surface area contributed by atoms with Gasteiger partial charge in [-0.25, -0.2) is 0 Å². The molecule has 2 aliphatic heterocycles. The van der Waals surface area contributed by atoms with E-state index >= 15 is 0 Å². The van der Waals surface area contributed by atoms with Gasteiger partial charge in [-0.05, 0) is 19.1 Å². The molecule has 0 amide bonds. The average molecular weight is 352 g/mol. The molecule has 138 valence electrons. The van der Waals surface area contributed by atoms with E-state index in [1.165, 1.54) is 75.5 Å². The number of piperidine rings is 1. The van der Waals surface area contributed by atoms with E-state index in [2.05, 4.69) is 66.4 Å². The van der Waals surface area contributed by atoms with Gasteiger partial charge in [0.05, 0.1) is 45.3 Å². The lowest BCUT2D eigenvalue weighted by atomic mass is 10.0. The van der Waals surface area contributed by atoms with Crippen molar-refractivity contribution in [2.75, 3.05) is 44.2 Å². The lowest BCUT2D eigenvalue weighted by Crippen LogP contribution is -3.21. The van der Waals surface area contributed by atoms with Crippen LogP contribution in [0.2, 0.25) is 0 Å². The largest absolute Gasteiger partial charge is 0.360 e. The quantitative estimate of drug-likeness (QED) is 0.836. The zero-order chi connectivity index (χ0) is 17.8. The van der Waals surface area contributed by atoms with Gasteiger partial charge in [0.15, 0.2) is 0 Å². The van der Waals surface area contributed by atoms with Crippen LogP contribution in [0.1, 0.15) is 24.0 Å². The smallest absolute Gasteiger partial charge is 0.103 e. The zero-order valence-corrected chi connectivity index (χ0v) is 16.1. The first-order chi connectivity index (χ1) is 12.8. The Kier molecular flexibility index (Phi) is 5.57. The van der Waals surface area contributed by atoms with E-state index in [0.717, 1.165) is 6.04 Å². The molecule has 2 aromatic rings. The number of para-hydroxylation sites is 1. The van der Waals surface area contributed by atoms with Crippen LogP contribution >= 0.6 is 0 Å². The Morgan fingerprint density at radius 1 is 0.846 bits per heavy atom. The molecule has 0 unspecified atom stereocenters. The monoisotopic (exact) mass is 351 g/mol. The maximum Gasteiger partial charge on any atom is 0.103 e. The Labute approximate surface area is 158 Å². The Bertz CT molecular complexity index is 666. The summed E-state index contributed by atoms with van der Waals surface area (Å²) in [4.78, 5) is 6.18. The summed E-state index contributed by atoms with van der Waals surface area (Å²) >= 11 is 0. The molecule has 3 nitrogen and oxygen atoms in total. The van der Waals surface area contributed by atoms with Gasteiger partial charge in [-0.3, -0.25) is 0 Å². The van der Waals surface area contributed by atoms with Crippen molar-refractivity contribution in [2.24, 2.45) is 0 Å². The molecule has 2 N–H and O–H groups in total. The number of hydrogen-bond acceptors (Lipinski definition) is 1. The van der Waals surface area contributed by atoms with Crippen LogP contribution in [-0.2, 0) is 6.54 Å². The van der Waals surface area contributed by atoms with E-state index in [1.54, 1.807) is 4.90 Å². The maximum atomic E-state index is 2.56. The van der Waals surface area contributed by atoms with Crippen molar-refractivity contribution in [1.29, 1.82) is 0 Å². The molecule has 2 heterocycles. The Morgan fingerprint density at radius 2 is 1.50 bits per heavy atom. The fourth-order valence-corrected chi connectivity index (χ4v) is 4.70. The predicted octanol–water partition coefficient (Wildman–Crippen LogP) is 0.947. The minimum absolute atomic E-state index is 0.884. The third kappa shape index (κ3) is 4.28. The van der Waals surface area contributed by atoms with Crippen molar-refractivity contribution in [3.05, 3.63) is 65.7 Å². The molecule has 0 saturated carbocycles. The molecule has 2 aromatic carbocycles. The molecule has 0 spiro atoms. The van der Waals surface area contributed by atoms with E-state index in [9.17, 15) is 0 Å². The van der Waals surface area contributed by atoms with Gasteiger partial charge in [-0.2, -0.15) is 0 Å². The van der Waals surface area contributed by atoms with Gasteiger partial charge >= 0.3 is 0 Å². The lowest BCUT2D eigenvalue weighted by Gasteiger charge is -2.39. The fraction of sp³-hybridized carbons (Fsp3) is 0.478. The molecule has 2 fully saturated rings. The minimum atomic E-state index is 0.884. The molecule has 0 aromatic heterocycles. The first-order valence-corrected chi connectivity index (χ1v) is 10.3. The molecular weight excluding hydrogens is 318 g/mol. The van der Waals surface area contributed by atoms with Crippen molar-refractivity contribution < 1.29 is 9.80 Å². The van der Waals surface area contributed by atoms with Crippen LogP contribution in [0, 0.1) is 6.92 Å². The van der Waals surface area contributed by atoms with Crippen LogP contribution in [-0.4, -0.2) is 45.3 Å². The van der Waals surface area contributed by atoms with Crippen molar-refractivity contribution >= 4 is 5.69 Å². The van der Waals surface area contributed by atoms with E-state index in [1.807, 2.05) is 4.90 Å². The topological polar surface area (TPSA) is 12.1 Å². The fourth-order valence-electron chi connectivity index (χ4n) is 4.70. The van der Waals surface area contributed by atoms with Gasteiger partial charge < -0.3 is 14.7 Å². The van der Waals surface area contributed by atoms with Crippen LogP contribution in [0.15, 0.2) is 54.6 Å². The van der Waals surface area contributed by atoms with Gasteiger partial charge in [-0.1, -0.05) is 48.0 Å². The van der Waals surface area contributed by atoms with Crippen LogP contribution < -0.4 is 14.7 Å². The number of nitrogens with zero attached hydrogens (tertiary/aromatic N) is 1. The molecule has 26 heavy (non-hydrogen) atoms. The minimum Gasteiger partial charge on any atom is -0.360 e. The number of nitrogens with one attached hydrogen (secondary N) is 2. The van der Waals surface area contributed by atoms with Gasteiger partial charge in [0, 0.05) is 24.1 Å². The standard InChI is InChI=1S/C23H31N3/c1-20-7-9-21(10-8-20)19-24-13-11-23(12-14-24)26-17-15-25(16-18-26)22-5-3-2-4-6-22/h2-10,23H,11-19H2,1H3/p+2. The average Bonchev–Trinajstić information content (AvgIpc) is 2.71. The van der Waals surface area contributed by atoms with Gasteiger partial charge in [-0.15, -0.1) is 0 Å². The molecule has 0 atom stereocenters. The van der Waals surface area contributed by atoms with E-state index in [-0.39, 0.29) is 0 Å². The first-order valence-electron chi connectivity index (χ1n) is 10.3. The van der Waals surface area contributed by atoms with Crippen molar-refractivity contribution in [1.82, 2.24) is 0 Å². The normalized spacial score (nSPS) is 24.6. The zero-order valence-electron chi connectivity index (χ0n) is 16.1. The van der Waals surface area contributed by atoms with E-state index in [4.69, 9.17) is 0 Å². The second kappa shape index (κ2) is 8.24. The van der Waals surface area contributed by atoms with Crippen LogP contribution in [0.5, 0.6) is 0 Å². The SMILES string of the molecule is Cc1ccc(C[NH+]2CCC([NH+]3CCN(c4ccccc4)CC3)CC2)cc1. The molecule has 3 heteroatoms. The van der Waals surface area contributed by atoms with Crippen molar-refractivity contribution in [2.45, 2.75) is 32.4 Å². The van der Waals surface area contributed by atoms with Gasteiger partial charge in [0.2, 0.25) is 0 Å². The summed E-state index contributed by atoms with van der Waals surface area (Å²) in [7, 11) is 0. The third-order valence-electron chi connectivity index (χ3n) is 6.37. The molecule has 2 saturated heterocycles. The van der Waals surface area contributed by atoms with Gasteiger partial charge in [0.25, 0.3) is 0 Å². The number of rotatable bonds is 4. The first kappa shape index (κ1) is 17.6. The number of hydrogen-bond donors (Lipinski definition) is 2. The molecule has 0 radical (unpaired) electrons. The highest BCUT2D eigenvalue weighted by atomic mass is 15.3. The summed E-state index contributed by atoms with van der Waals surface area (Å²) in [5.41, 5.74) is 4.25. The van der Waals surface area contributed by atoms with E-state index in [0.29, 0.717) is 0 Å². The Balaban J connectivity index is 1.23. The summed E-state index contributed by atoms with van der Waals surface area (Å²) in [6.45, 7) is 11.0. The van der Waals surface area contributed by atoms with E-state index < -0.39 is 0 Å². The Morgan fingerprint density at radius 3 is 2.15 bits per heavy atom. The van der Waals surface area contributed by atoms with Gasteiger partial charge in [0.1, 0.15) is 6.54 Å². The highest BCUT2D eigenvalue weighted by Gasteiger charge is 2.32. The molecule has 0 aliphatic carbocycles. The molecule has 2 aliphatic rings.